The first-order valence-electron chi connectivity index (χ1n) is 6.84. The molecule has 0 radical (unpaired) electrons. The van der Waals surface area contributed by atoms with Crippen LogP contribution in [0.15, 0.2) is 6.07 Å². The number of rotatable bonds is 3. The first kappa shape index (κ1) is 13.3. The van der Waals surface area contributed by atoms with E-state index in [0.29, 0.717) is 12.1 Å². The molecule has 0 aliphatic carbocycles. The molecule has 4 heteroatoms. The van der Waals surface area contributed by atoms with Gasteiger partial charge in [0.1, 0.15) is 11.6 Å². The first-order chi connectivity index (χ1) is 8.63. The predicted molar refractivity (Wildman–Crippen MR) is 73.0 cm³/mol. The van der Waals surface area contributed by atoms with Gasteiger partial charge < -0.3 is 9.64 Å². The van der Waals surface area contributed by atoms with Gasteiger partial charge in [0.25, 0.3) is 0 Å². The fourth-order valence-electron chi connectivity index (χ4n) is 2.47. The summed E-state index contributed by atoms with van der Waals surface area (Å²) >= 11 is 0. The van der Waals surface area contributed by atoms with E-state index in [4.69, 9.17) is 4.74 Å². The number of aromatic nitrogens is 2. The molecule has 0 saturated carbocycles. The van der Waals surface area contributed by atoms with Gasteiger partial charge in [0.05, 0.1) is 18.8 Å². The highest BCUT2D eigenvalue weighted by atomic mass is 16.5. The summed E-state index contributed by atoms with van der Waals surface area (Å²) in [4.78, 5) is 11.3. The number of anilines is 1. The Kier molecular flexibility index (Phi) is 4.17. The predicted octanol–water partition coefficient (Wildman–Crippen LogP) is 2.49. The van der Waals surface area contributed by atoms with E-state index < -0.39 is 0 Å². The molecule has 1 saturated heterocycles. The summed E-state index contributed by atoms with van der Waals surface area (Å²) < 4.78 is 5.86. The van der Waals surface area contributed by atoms with Crippen molar-refractivity contribution in [2.45, 2.75) is 52.7 Å². The topological polar surface area (TPSA) is 38.2 Å². The zero-order chi connectivity index (χ0) is 13.1. The van der Waals surface area contributed by atoms with Crippen molar-refractivity contribution in [2.75, 3.05) is 18.1 Å². The molecule has 0 N–H and O–H groups in total. The second kappa shape index (κ2) is 5.65. The van der Waals surface area contributed by atoms with Crippen LogP contribution < -0.4 is 4.90 Å². The molecule has 2 rings (SSSR count). The van der Waals surface area contributed by atoms with Crippen LogP contribution in [-0.2, 0) is 4.74 Å². The van der Waals surface area contributed by atoms with E-state index in [9.17, 15) is 0 Å². The lowest BCUT2D eigenvalue weighted by atomic mass is 10.1. The standard InChI is InChI=1S/C14H23N3O/c1-5-12-9-18-13(6-2)8-17(12)14-7-10(3)15-11(4)16-14/h7,12-13H,5-6,8-9H2,1-4H3. The summed E-state index contributed by atoms with van der Waals surface area (Å²) in [6.07, 6.45) is 2.46. The van der Waals surface area contributed by atoms with E-state index in [0.717, 1.165) is 43.3 Å². The Bertz CT molecular complexity index is 388. The lowest BCUT2D eigenvalue weighted by Gasteiger charge is -2.40. The Labute approximate surface area is 109 Å². The second-order valence-corrected chi connectivity index (χ2v) is 4.99. The Balaban J connectivity index is 2.26. The van der Waals surface area contributed by atoms with Crippen molar-refractivity contribution in [2.24, 2.45) is 0 Å². The maximum Gasteiger partial charge on any atom is 0.132 e. The van der Waals surface area contributed by atoms with Gasteiger partial charge in [-0.25, -0.2) is 9.97 Å². The molecule has 2 heterocycles. The molecule has 1 aliphatic heterocycles. The molecule has 2 atom stereocenters. The van der Waals surface area contributed by atoms with Crippen LogP contribution in [0.5, 0.6) is 0 Å². The van der Waals surface area contributed by atoms with Crippen molar-refractivity contribution in [1.29, 1.82) is 0 Å². The summed E-state index contributed by atoms with van der Waals surface area (Å²) in [5.74, 6) is 1.90. The summed E-state index contributed by atoms with van der Waals surface area (Å²) in [5.41, 5.74) is 1.03. The van der Waals surface area contributed by atoms with Crippen molar-refractivity contribution >= 4 is 5.82 Å². The van der Waals surface area contributed by atoms with E-state index in [2.05, 4.69) is 34.8 Å². The largest absolute Gasteiger partial charge is 0.374 e. The molecular formula is C14H23N3O. The van der Waals surface area contributed by atoms with Crippen molar-refractivity contribution in [1.82, 2.24) is 9.97 Å². The lowest BCUT2D eigenvalue weighted by Crippen LogP contribution is -2.49. The Morgan fingerprint density at radius 3 is 2.67 bits per heavy atom. The van der Waals surface area contributed by atoms with E-state index in [1.807, 2.05) is 13.8 Å². The van der Waals surface area contributed by atoms with Gasteiger partial charge in [0.2, 0.25) is 0 Å². The minimum Gasteiger partial charge on any atom is -0.374 e. The maximum absolute atomic E-state index is 5.86. The number of hydrogen-bond acceptors (Lipinski definition) is 4. The Morgan fingerprint density at radius 1 is 1.28 bits per heavy atom. The molecule has 0 aromatic carbocycles. The van der Waals surface area contributed by atoms with Crippen LogP contribution in [0.3, 0.4) is 0 Å². The summed E-state index contributed by atoms with van der Waals surface area (Å²) in [7, 11) is 0. The molecule has 2 unspecified atom stereocenters. The fourth-order valence-corrected chi connectivity index (χ4v) is 2.47. The highest BCUT2D eigenvalue weighted by Gasteiger charge is 2.28. The molecule has 0 bridgehead atoms. The minimum atomic E-state index is 0.323. The maximum atomic E-state index is 5.86. The zero-order valence-corrected chi connectivity index (χ0v) is 11.8. The molecular weight excluding hydrogens is 226 g/mol. The molecule has 100 valence electrons. The average Bonchev–Trinajstić information content (AvgIpc) is 2.36. The van der Waals surface area contributed by atoms with Gasteiger partial charge >= 0.3 is 0 Å². The molecule has 0 amide bonds. The quantitative estimate of drug-likeness (QED) is 0.825. The van der Waals surface area contributed by atoms with Gasteiger partial charge in [-0.15, -0.1) is 0 Å². The van der Waals surface area contributed by atoms with Crippen LogP contribution in [0.4, 0.5) is 5.82 Å². The Hall–Kier alpha value is -1.16. The van der Waals surface area contributed by atoms with Gasteiger partial charge in [-0.2, -0.15) is 0 Å². The number of nitrogens with zero attached hydrogens (tertiary/aromatic N) is 3. The molecule has 1 fully saturated rings. The van der Waals surface area contributed by atoms with Crippen LogP contribution in [0.25, 0.3) is 0 Å². The van der Waals surface area contributed by atoms with E-state index in [1.165, 1.54) is 0 Å². The van der Waals surface area contributed by atoms with Crippen LogP contribution in [0.2, 0.25) is 0 Å². The third kappa shape index (κ3) is 2.80. The number of aryl methyl sites for hydroxylation is 2. The van der Waals surface area contributed by atoms with Crippen LogP contribution in [0.1, 0.15) is 38.2 Å². The van der Waals surface area contributed by atoms with Gasteiger partial charge in [-0.1, -0.05) is 13.8 Å². The van der Waals surface area contributed by atoms with Gasteiger partial charge in [-0.05, 0) is 26.7 Å². The van der Waals surface area contributed by atoms with Crippen molar-refractivity contribution in [3.8, 4) is 0 Å². The van der Waals surface area contributed by atoms with Gasteiger partial charge in [0, 0.05) is 18.3 Å². The van der Waals surface area contributed by atoms with Gasteiger partial charge in [0.15, 0.2) is 0 Å². The second-order valence-electron chi connectivity index (χ2n) is 4.99. The molecule has 0 spiro atoms. The third-order valence-corrected chi connectivity index (χ3v) is 3.54. The van der Waals surface area contributed by atoms with Crippen molar-refractivity contribution in [3.05, 3.63) is 17.6 Å². The van der Waals surface area contributed by atoms with Gasteiger partial charge in [-0.3, -0.25) is 0 Å². The van der Waals surface area contributed by atoms with Crippen LogP contribution >= 0.6 is 0 Å². The summed E-state index contributed by atoms with van der Waals surface area (Å²) in [5, 5.41) is 0. The summed E-state index contributed by atoms with van der Waals surface area (Å²) in [6, 6.07) is 2.51. The smallest absolute Gasteiger partial charge is 0.132 e. The van der Waals surface area contributed by atoms with E-state index in [-0.39, 0.29) is 0 Å². The number of hydrogen-bond donors (Lipinski definition) is 0. The zero-order valence-electron chi connectivity index (χ0n) is 11.8. The molecule has 4 nitrogen and oxygen atoms in total. The normalized spacial score (nSPS) is 24.3. The molecule has 18 heavy (non-hydrogen) atoms. The molecule has 1 aromatic heterocycles. The highest BCUT2D eigenvalue weighted by Crippen LogP contribution is 2.23. The summed E-state index contributed by atoms with van der Waals surface area (Å²) in [6.45, 7) is 10.1. The van der Waals surface area contributed by atoms with Crippen molar-refractivity contribution < 1.29 is 4.74 Å². The minimum absolute atomic E-state index is 0.323. The van der Waals surface area contributed by atoms with Crippen LogP contribution in [-0.4, -0.2) is 35.3 Å². The fraction of sp³-hybridized carbons (Fsp3) is 0.714. The van der Waals surface area contributed by atoms with E-state index >= 15 is 0 Å². The van der Waals surface area contributed by atoms with E-state index in [1.54, 1.807) is 0 Å². The first-order valence-corrected chi connectivity index (χ1v) is 6.84. The average molecular weight is 249 g/mol. The van der Waals surface area contributed by atoms with Crippen molar-refractivity contribution in [3.63, 3.8) is 0 Å². The number of morpholine rings is 1. The number of ether oxygens (including phenoxy) is 1. The third-order valence-electron chi connectivity index (χ3n) is 3.54. The van der Waals surface area contributed by atoms with Crippen LogP contribution in [0, 0.1) is 13.8 Å². The Morgan fingerprint density at radius 2 is 2.06 bits per heavy atom. The molecule has 1 aliphatic rings. The SMILES string of the molecule is CCC1CN(c2cc(C)nc(C)n2)C(CC)CO1. The molecule has 1 aromatic rings. The monoisotopic (exact) mass is 249 g/mol. The lowest BCUT2D eigenvalue weighted by molar-refractivity contribution is 0.0163. The highest BCUT2D eigenvalue weighted by molar-refractivity contribution is 5.41.